The van der Waals surface area contributed by atoms with Gasteiger partial charge in [-0.25, -0.2) is 4.98 Å². The van der Waals surface area contributed by atoms with Gasteiger partial charge in [-0.05, 0) is 13.3 Å². The summed E-state index contributed by atoms with van der Waals surface area (Å²) in [6, 6.07) is -0.447. The normalized spacial score (nSPS) is 21.7. The fourth-order valence-electron chi connectivity index (χ4n) is 2.07. The van der Waals surface area contributed by atoms with E-state index in [1.54, 1.807) is 12.4 Å². The van der Waals surface area contributed by atoms with Crippen molar-refractivity contribution in [1.82, 2.24) is 20.2 Å². The van der Waals surface area contributed by atoms with Crippen LogP contribution in [0.4, 0.5) is 0 Å². The summed E-state index contributed by atoms with van der Waals surface area (Å²) >= 11 is 0. The standard InChI is InChI=1S/C12H18N4O2/c1-3-8(2)16-11(17)6-9(12(16)18)15-7-10-13-4-5-14-10/h4-5,8-9,15H,3,6-7H2,1-2H3,(H,13,14). The predicted molar refractivity (Wildman–Crippen MR) is 65.4 cm³/mol. The lowest BCUT2D eigenvalue weighted by Crippen LogP contribution is -2.42. The summed E-state index contributed by atoms with van der Waals surface area (Å²) in [5, 5.41) is 3.07. The minimum absolute atomic E-state index is 0.0274. The van der Waals surface area contributed by atoms with Crippen LogP contribution in [-0.4, -0.2) is 38.8 Å². The Morgan fingerprint density at radius 1 is 1.61 bits per heavy atom. The van der Waals surface area contributed by atoms with E-state index in [-0.39, 0.29) is 24.3 Å². The molecule has 6 heteroatoms. The van der Waals surface area contributed by atoms with E-state index in [1.807, 2.05) is 13.8 Å². The first-order valence-electron chi connectivity index (χ1n) is 6.21. The van der Waals surface area contributed by atoms with Crippen LogP contribution in [0.1, 0.15) is 32.5 Å². The highest BCUT2D eigenvalue weighted by molar-refractivity contribution is 6.05. The molecule has 2 N–H and O–H groups in total. The van der Waals surface area contributed by atoms with Gasteiger partial charge in [0.15, 0.2) is 0 Å². The maximum Gasteiger partial charge on any atom is 0.247 e. The minimum Gasteiger partial charge on any atom is -0.348 e. The Balaban J connectivity index is 1.95. The topological polar surface area (TPSA) is 78.1 Å². The highest BCUT2D eigenvalue weighted by atomic mass is 16.2. The highest BCUT2D eigenvalue weighted by Crippen LogP contribution is 2.18. The van der Waals surface area contributed by atoms with Gasteiger partial charge in [-0.3, -0.25) is 19.8 Å². The number of likely N-dealkylation sites (tertiary alicyclic amines) is 1. The number of aromatic amines is 1. The number of nitrogens with one attached hydrogen (secondary N) is 2. The number of rotatable bonds is 5. The van der Waals surface area contributed by atoms with Gasteiger partial charge >= 0.3 is 0 Å². The van der Waals surface area contributed by atoms with Crippen molar-refractivity contribution in [1.29, 1.82) is 0 Å². The maximum atomic E-state index is 12.1. The van der Waals surface area contributed by atoms with E-state index in [4.69, 9.17) is 0 Å². The van der Waals surface area contributed by atoms with Crippen LogP contribution in [0.3, 0.4) is 0 Å². The first-order chi connectivity index (χ1) is 8.63. The summed E-state index contributed by atoms with van der Waals surface area (Å²) in [6.45, 7) is 4.32. The molecule has 18 heavy (non-hydrogen) atoms. The lowest BCUT2D eigenvalue weighted by molar-refractivity contribution is -0.141. The average molecular weight is 250 g/mol. The molecule has 0 spiro atoms. The number of carbonyl (C=O) groups is 2. The van der Waals surface area contributed by atoms with Gasteiger partial charge in [0.1, 0.15) is 5.82 Å². The predicted octanol–water partition coefficient (Wildman–Crippen LogP) is 0.425. The molecule has 0 saturated carbocycles. The number of imide groups is 1. The molecule has 6 nitrogen and oxygen atoms in total. The molecular weight excluding hydrogens is 232 g/mol. The molecule has 1 saturated heterocycles. The van der Waals surface area contributed by atoms with Crippen molar-refractivity contribution in [2.45, 2.75) is 45.3 Å². The second kappa shape index (κ2) is 5.30. The molecule has 98 valence electrons. The van der Waals surface area contributed by atoms with Gasteiger partial charge in [-0.2, -0.15) is 0 Å². The lowest BCUT2D eigenvalue weighted by Gasteiger charge is -2.21. The number of hydrogen-bond donors (Lipinski definition) is 2. The second-order valence-corrected chi connectivity index (χ2v) is 4.53. The van der Waals surface area contributed by atoms with Gasteiger partial charge in [-0.1, -0.05) is 6.92 Å². The molecule has 2 heterocycles. The van der Waals surface area contributed by atoms with Gasteiger partial charge in [0.2, 0.25) is 11.8 Å². The zero-order chi connectivity index (χ0) is 13.1. The molecule has 1 aromatic heterocycles. The Morgan fingerprint density at radius 3 is 3.00 bits per heavy atom. The van der Waals surface area contributed by atoms with Crippen LogP contribution in [0.25, 0.3) is 0 Å². The third-order valence-electron chi connectivity index (χ3n) is 3.29. The van der Waals surface area contributed by atoms with E-state index in [0.29, 0.717) is 6.54 Å². The van der Waals surface area contributed by atoms with Gasteiger partial charge in [-0.15, -0.1) is 0 Å². The number of hydrogen-bond acceptors (Lipinski definition) is 4. The molecule has 0 radical (unpaired) electrons. The van der Waals surface area contributed by atoms with Gasteiger partial charge in [0, 0.05) is 18.4 Å². The molecule has 1 aliphatic heterocycles. The van der Waals surface area contributed by atoms with Crippen LogP contribution in [0.15, 0.2) is 12.4 Å². The number of aromatic nitrogens is 2. The molecule has 0 bridgehead atoms. The van der Waals surface area contributed by atoms with Crippen molar-refractivity contribution in [3.05, 3.63) is 18.2 Å². The monoisotopic (exact) mass is 250 g/mol. The number of carbonyl (C=O) groups excluding carboxylic acids is 2. The van der Waals surface area contributed by atoms with E-state index >= 15 is 0 Å². The quantitative estimate of drug-likeness (QED) is 0.743. The van der Waals surface area contributed by atoms with Gasteiger partial charge in [0.25, 0.3) is 0 Å². The number of amides is 2. The molecule has 2 amide bonds. The summed E-state index contributed by atoms with van der Waals surface area (Å²) < 4.78 is 0. The summed E-state index contributed by atoms with van der Waals surface area (Å²) in [5.41, 5.74) is 0. The maximum absolute atomic E-state index is 12.1. The molecule has 0 aliphatic carbocycles. The molecule has 0 aromatic carbocycles. The van der Waals surface area contributed by atoms with Crippen molar-refractivity contribution in [2.24, 2.45) is 0 Å². The Bertz CT molecular complexity index is 429. The first kappa shape index (κ1) is 12.8. The van der Waals surface area contributed by atoms with E-state index in [0.717, 1.165) is 12.2 Å². The third-order valence-corrected chi connectivity index (χ3v) is 3.29. The molecule has 2 atom stereocenters. The van der Waals surface area contributed by atoms with Crippen LogP contribution in [0, 0.1) is 0 Å². The SMILES string of the molecule is CCC(C)N1C(=O)CC(NCc2ncc[nH]2)C1=O. The van der Waals surface area contributed by atoms with Crippen LogP contribution >= 0.6 is 0 Å². The fraction of sp³-hybridized carbons (Fsp3) is 0.583. The van der Waals surface area contributed by atoms with Crippen LogP contribution in [-0.2, 0) is 16.1 Å². The summed E-state index contributed by atoms with van der Waals surface area (Å²) in [7, 11) is 0. The van der Waals surface area contributed by atoms with E-state index in [2.05, 4.69) is 15.3 Å². The zero-order valence-electron chi connectivity index (χ0n) is 10.6. The molecule has 1 fully saturated rings. The number of nitrogens with zero attached hydrogens (tertiary/aromatic N) is 2. The van der Waals surface area contributed by atoms with Crippen LogP contribution < -0.4 is 5.32 Å². The third kappa shape index (κ3) is 2.43. The molecule has 1 aliphatic rings. The second-order valence-electron chi connectivity index (χ2n) is 4.53. The van der Waals surface area contributed by atoms with Crippen molar-refractivity contribution in [3.63, 3.8) is 0 Å². The van der Waals surface area contributed by atoms with Crippen LogP contribution in [0.5, 0.6) is 0 Å². The number of H-pyrrole nitrogens is 1. The summed E-state index contributed by atoms with van der Waals surface area (Å²) in [6.07, 6.45) is 4.40. The molecule has 2 unspecified atom stereocenters. The van der Waals surface area contributed by atoms with E-state index < -0.39 is 6.04 Å². The number of imidazole rings is 1. The smallest absolute Gasteiger partial charge is 0.247 e. The van der Waals surface area contributed by atoms with E-state index in [9.17, 15) is 9.59 Å². The van der Waals surface area contributed by atoms with Crippen molar-refractivity contribution < 1.29 is 9.59 Å². The fourth-order valence-corrected chi connectivity index (χ4v) is 2.07. The van der Waals surface area contributed by atoms with Crippen molar-refractivity contribution in [3.8, 4) is 0 Å². The van der Waals surface area contributed by atoms with Crippen molar-refractivity contribution in [2.75, 3.05) is 0 Å². The Labute approximate surface area is 106 Å². The largest absolute Gasteiger partial charge is 0.348 e. The minimum atomic E-state index is -0.420. The van der Waals surface area contributed by atoms with Crippen LogP contribution in [0.2, 0.25) is 0 Å². The summed E-state index contributed by atoms with van der Waals surface area (Å²) in [5.74, 6) is 0.546. The molecule has 1 aromatic rings. The molecular formula is C12H18N4O2. The lowest BCUT2D eigenvalue weighted by atomic mass is 10.2. The Morgan fingerprint density at radius 2 is 2.39 bits per heavy atom. The van der Waals surface area contributed by atoms with Gasteiger partial charge in [0.05, 0.1) is 19.0 Å². The van der Waals surface area contributed by atoms with E-state index in [1.165, 1.54) is 4.90 Å². The Kier molecular flexibility index (Phi) is 3.76. The molecule has 2 rings (SSSR count). The summed E-state index contributed by atoms with van der Waals surface area (Å²) in [4.78, 5) is 32.3. The first-order valence-corrected chi connectivity index (χ1v) is 6.21. The average Bonchev–Trinajstić information content (AvgIpc) is 2.95. The zero-order valence-corrected chi connectivity index (χ0v) is 10.6. The van der Waals surface area contributed by atoms with Crippen molar-refractivity contribution >= 4 is 11.8 Å². The van der Waals surface area contributed by atoms with Gasteiger partial charge < -0.3 is 4.98 Å². The highest BCUT2D eigenvalue weighted by Gasteiger charge is 2.40. The Hall–Kier alpha value is -1.69.